The van der Waals surface area contributed by atoms with E-state index in [4.69, 9.17) is 4.74 Å². The van der Waals surface area contributed by atoms with Gasteiger partial charge >= 0.3 is 6.09 Å². The van der Waals surface area contributed by atoms with E-state index in [0.717, 1.165) is 19.3 Å². The van der Waals surface area contributed by atoms with Crippen molar-refractivity contribution < 1.29 is 22.5 Å². The topological polar surface area (TPSA) is 92.7 Å². The van der Waals surface area contributed by atoms with Crippen LogP contribution in [-0.4, -0.2) is 31.2 Å². The predicted octanol–water partition coefficient (Wildman–Crippen LogP) is 3.48. The highest BCUT2D eigenvalue weighted by Crippen LogP contribution is 2.22. The Bertz CT molecular complexity index is 662. The molecular formula is C17H27NO5S. The third-order valence-corrected chi connectivity index (χ3v) is 4.44. The minimum Gasteiger partial charge on any atom is -0.444 e. The fourth-order valence-electron chi connectivity index (χ4n) is 2.40. The summed E-state index contributed by atoms with van der Waals surface area (Å²) in [4.78, 5) is 11.5. The molecule has 0 aliphatic rings. The van der Waals surface area contributed by atoms with Gasteiger partial charge < -0.3 is 10.1 Å². The first kappa shape index (κ1) is 20.4. The number of aryl methyl sites for hydroxylation is 2. The van der Waals surface area contributed by atoms with Crippen LogP contribution in [-0.2, 0) is 21.3 Å². The molecule has 0 saturated heterocycles. The lowest BCUT2D eigenvalue weighted by Gasteiger charge is -2.19. The van der Waals surface area contributed by atoms with Crippen LogP contribution in [0.1, 0.15) is 51.2 Å². The number of nitrogens with one attached hydrogen (secondary N) is 1. The summed E-state index contributed by atoms with van der Waals surface area (Å²) in [6.45, 7) is 7.59. The molecule has 1 amide bonds. The van der Waals surface area contributed by atoms with Crippen LogP contribution < -0.4 is 5.32 Å². The molecule has 1 rings (SSSR count). The third kappa shape index (κ3) is 7.31. The minimum atomic E-state index is -4.21. The molecule has 0 unspecified atom stereocenters. The molecule has 0 spiro atoms. The van der Waals surface area contributed by atoms with E-state index in [0.29, 0.717) is 24.1 Å². The molecule has 0 saturated carbocycles. The van der Waals surface area contributed by atoms with Crippen molar-refractivity contribution in [1.29, 1.82) is 0 Å². The summed E-state index contributed by atoms with van der Waals surface area (Å²) < 4.78 is 37.5. The van der Waals surface area contributed by atoms with Crippen LogP contribution in [0.25, 0.3) is 0 Å². The van der Waals surface area contributed by atoms with Crippen molar-refractivity contribution in [3.8, 4) is 0 Å². The van der Waals surface area contributed by atoms with Crippen LogP contribution in [0, 0.1) is 6.92 Å². The molecule has 0 aliphatic heterocycles. The van der Waals surface area contributed by atoms with E-state index in [2.05, 4.69) is 5.32 Å². The number of unbranched alkanes of at least 4 members (excludes halogenated alkanes) is 2. The van der Waals surface area contributed by atoms with Gasteiger partial charge in [0.05, 0.1) is 4.90 Å². The van der Waals surface area contributed by atoms with Gasteiger partial charge in [0.15, 0.2) is 0 Å². The number of amides is 1. The van der Waals surface area contributed by atoms with Gasteiger partial charge in [-0.2, -0.15) is 8.42 Å². The molecule has 0 aliphatic carbocycles. The molecule has 2 N–H and O–H groups in total. The van der Waals surface area contributed by atoms with Gasteiger partial charge in [0.1, 0.15) is 5.60 Å². The number of ether oxygens (including phenoxy) is 1. The lowest BCUT2D eigenvalue weighted by molar-refractivity contribution is 0.0527. The normalized spacial score (nSPS) is 12.0. The van der Waals surface area contributed by atoms with E-state index >= 15 is 0 Å². The van der Waals surface area contributed by atoms with Crippen LogP contribution >= 0.6 is 0 Å². The Kier molecular flexibility index (Phi) is 7.23. The maximum atomic E-state index is 11.5. The molecule has 7 heteroatoms. The molecule has 0 fully saturated rings. The maximum absolute atomic E-state index is 11.5. The molecule has 0 bridgehead atoms. The Labute approximate surface area is 144 Å². The maximum Gasteiger partial charge on any atom is 0.407 e. The number of carbonyl (C=O) groups excluding carboxylic acids is 1. The molecule has 0 aromatic heterocycles. The lowest BCUT2D eigenvalue weighted by atomic mass is 10.0. The molecule has 136 valence electrons. The second kappa shape index (κ2) is 8.48. The Morgan fingerprint density at radius 1 is 1.21 bits per heavy atom. The first-order valence-electron chi connectivity index (χ1n) is 8.03. The van der Waals surface area contributed by atoms with Gasteiger partial charge in [-0.3, -0.25) is 4.55 Å². The van der Waals surface area contributed by atoms with Crippen molar-refractivity contribution in [2.24, 2.45) is 0 Å². The molecule has 6 nitrogen and oxygen atoms in total. The number of benzene rings is 1. The zero-order chi connectivity index (χ0) is 18.4. The van der Waals surface area contributed by atoms with E-state index in [1.54, 1.807) is 45.9 Å². The summed E-state index contributed by atoms with van der Waals surface area (Å²) in [7, 11) is -4.21. The third-order valence-electron chi connectivity index (χ3n) is 3.34. The Morgan fingerprint density at radius 2 is 1.88 bits per heavy atom. The molecular weight excluding hydrogens is 330 g/mol. The van der Waals surface area contributed by atoms with Gasteiger partial charge in [-0.15, -0.1) is 0 Å². The molecule has 24 heavy (non-hydrogen) atoms. The molecule has 0 heterocycles. The average Bonchev–Trinajstić information content (AvgIpc) is 2.39. The van der Waals surface area contributed by atoms with E-state index in [9.17, 15) is 17.8 Å². The number of hydrogen-bond acceptors (Lipinski definition) is 4. The van der Waals surface area contributed by atoms with E-state index in [1.165, 1.54) is 0 Å². The fourth-order valence-corrected chi connectivity index (χ4v) is 3.38. The van der Waals surface area contributed by atoms with Gasteiger partial charge in [-0.1, -0.05) is 24.6 Å². The Morgan fingerprint density at radius 3 is 2.46 bits per heavy atom. The highest BCUT2D eigenvalue weighted by molar-refractivity contribution is 7.86. The second-order valence-electron chi connectivity index (χ2n) is 6.78. The van der Waals surface area contributed by atoms with Crippen LogP contribution in [0.4, 0.5) is 4.79 Å². The number of hydrogen-bond donors (Lipinski definition) is 2. The standard InChI is InChI=1S/C17H27NO5S/c1-13-9-8-11-14(15(13)24(20,21)22)10-6-5-7-12-18-16(19)23-17(2,3)4/h8-9,11H,5-7,10,12H2,1-4H3,(H,18,19)(H,20,21,22). The zero-order valence-electron chi connectivity index (χ0n) is 14.8. The molecule has 0 radical (unpaired) electrons. The Hall–Kier alpha value is -1.60. The quantitative estimate of drug-likeness (QED) is 0.576. The minimum absolute atomic E-state index is 0.0110. The Balaban J connectivity index is 2.40. The van der Waals surface area contributed by atoms with Crippen molar-refractivity contribution in [3.05, 3.63) is 29.3 Å². The van der Waals surface area contributed by atoms with Crippen molar-refractivity contribution in [2.45, 2.75) is 63.9 Å². The summed E-state index contributed by atoms with van der Waals surface area (Å²) in [6, 6.07) is 5.16. The fraction of sp³-hybridized carbons (Fsp3) is 0.588. The highest BCUT2D eigenvalue weighted by atomic mass is 32.2. The molecule has 0 atom stereocenters. The van der Waals surface area contributed by atoms with Gasteiger partial charge in [-0.25, -0.2) is 4.79 Å². The van der Waals surface area contributed by atoms with E-state index in [-0.39, 0.29) is 4.90 Å². The molecule has 1 aromatic rings. The van der Waals surface area contributed by atoms with Crippen LogP contribution in [0.5, 0.6) is 0 Å². The monoisotopic (exact) mass is 357 g/mol. The van der Waals surface area contributed by atoms with Crippen molar-refractivity contribution >= 4 is 16.2 Å². The van der Waals surface area contributed by atoms with E-state index in [1.807, 2.05) is 0 Å². The van der Waals surface area contributed by atoms with Gasteiger partial charge in [-0.05, 0) is 58.1 Å². The largest absolute Gasteiger partial charge is 0.444 e. The second-order valence-corrected chi connectivity index (χ2v) is 8.14. The first-order valence-corrected chi connectivity index (χ1v) is 9.47. The summed E-state index contributed by atoms with van der Waals surface area (Å²) in [6.07, 6.45) is 2.49. The number of rotatable bonds is 7. The number of carbonyl (C=O) groups is 1. The van der Waals surface area contributed by atoms with Crippen molar-refractivity contribution in [1.82, 2.24) is 5.32 Å². The average molecular weight is 357 g/mol. The highest BCUT2D eigenvalue weighted by Gasteiger charge is 2.18. The predicted molar refractivity (Wildman–Crippen MR) is 92.8 cm³/mol. The van der Waals surface area contributed by atoms with Crippen molar-refractivity contribution in [2.75, 3.05) is 6.54 Å². The summed E-state index contributed by atoms with van der Waals surface area (Å²) in [5.41, 5.74) is 0.653. The lowest BCUT2D eigenvalue weighted by Crippen LogP contribution is -2.32. The van der Waals surface area contributed by atoms with Crippen molar-refractivity contribution in [3.63, 3.8) is 0 Å². The summed E-state index contributed by atoms with van der Waals surface area (Å²) >= 11 is 0. The smallest absolute Gasteiger partial charge is 0.407 e. The zero-order valence-corrected chi connectivity index (χ0v) is 15.6. The van der Waals surface area contributed by atoms with Gasteiger partial charge in [0.25, 0.3) is 10.1 Å². The molecule has 1 aromatic carbocycles. The summed E-state index contributed by atoms with van der Waals surface area (Å²) in [5, 5.41) is 2.69. The van der Waals surface area contributed by atoms with Crippen LogP contribution in [0.15, 0.2) is 23.1 Å². The number of alkyl carbamates (subject to hydrolysis) is 1. The SMILES string of the molecule is Cc1cccc(CCCCCNC(=O)OC(C)(C)C)c1S(=O)(=O)O. The summed E-state index contributed by atoms with van der Waals surface area (Å²) in [5.74, 6) is 0. The van der Waals surface area contributed by atoms with Gasteiger partial charge in [0, 0.05) is 6.54 Å². The first-order chi connectivity index (χ1) is 11.0. The van der Waals surface area contributed by atoms with Gasteiger partial charge in [0.2, 0.25) is 0 Å². The van der Waals surface area contributed by atoms with Crippen LogP contribution in [0.3, 0.4) is 0 Å². The van der Waals surface area contributed by atoms with E-state index < -0.39 is 21.8 Å². The van der Waals surface area contributed by atoms with Crippen LogP contribution in [0.2, 0.25) is 0 Å².